The Hall–Kier alpha value is -2.59. The van der Waals surface area contributed by atoms with Gasteiger partial charge in [-0.25, -0.2) is 4.79 Å². The van der Waals surface area contributed by atoms with E-state index in [1.54, 1.807) is 5.32 Å². The minimum atomic E-state index is -5.28. The number of nitrogens with zero attached hydrogens (tertiary/aromatic N) is 2. The number of nitrogens with one attached hydrogen (secondary N) is 2. The number of fused-ring (bicyclic) bond motifs is 1. The molecule has 0 spiro atoms. The highest BCUT2D eigenvalue weighted by atomic mass is 19.4. The van der Waals surface area contributed by atoms with Gasteiger partial charge in [-0.15, -0.1) is 0 Å². The summed E-state index contributed by atoms with van der Waals surface area (Å²) in [6.07, 6.45) is -5.61. The van der Waals surface area contributed by atoms with Crippen LogP contribution in [0.4, 0.5) is 19.0 Å². The van der Waals surface area contributed by atoms with Crippen LogP contribution in [0.3, 0.4) is 0 Å². The van der Waals surface area contributed by atoms with Crippen molar-refractivity contribution in [3.05, 3.63) is 26.4 Å². The van der Waals surface area contributed by atoms with Crippen molar-refractivity contribution in [3.8, 4) is 0 Å². The molecule has 1 atom stereocenters. The van der Waals surface area contributed by atoms with E-state index in [0.717, 1.165) is 14.1 Å². The number of halogens is 3. The molecule has 11 heteroatoms. The van der Waals surface area contributed by atoms with Crippen LogP contribution >= 0.6 is 0 Å². The summed E-state index contributed by atoms with van der Waals surface area (Å²) in [6.45, 7) is 1.30. The molecule has 1 aliphatic rings. The first-order chi connectivity index (χ1) is 10.5. The molecule has 1 aliphatic heterocycles. The van der Waals surface area contributed by atoms with Crippen molar-refractivity contribution in [2.45, 2.75) is 25.1 Å². The van der Waals surface area contributed by atoms with Crippen LogP contribution in [0.25, 0.3) is 0 Å². The number of carbonyl (C=O) groups excluding carboxylic acids is 2. The predicted molar refractivity (Wildman–Crippen MR) is 71.7 cm³/mol. The van der Waals surface area contributed by atoms with E-state index in [1.807, 2.05) is 5.32 Å². The van der Waals surface area contributed by atoms with Gasteiger partial charge in [0.1, 0.15) is 11.4 Å². The highest BCUT2D eigenvalue weighted by Gasteiger charge is 2.68. The first-order valence-corrected chi connectivity index (χ1v) is 6.48. The quantitative estimate of drug-likeness (QED) is 0.748. The molecule has 0 saturated carbocycles. The number of carbonyl (C=O) groups is 2. The first-order valence-electron chi connectivity index (χ1n) is 6.48. The van der Waals surface area contributed by atoms with E-state index in [0.29, 0.717) is 9.13 Å². The molecule has 0 unspecified atom stereocenters. The summed E-state index contributed by atoms with van der Waals surface area (Å²) in [6, 6.07) is 0. The van der Waals surface area contributed by atoms with Crippen molar-refractivity contribution in [2.75, 3.05) is 5.32 Å². The topological polar surface area (TPSA) is 102 Å². The lowest BCUT2D eigenvalue weighted by Crippen LogP contribution is -2.62. The summed E-state index contributed by atoms with van der Waals surface area (Å²) in [5.41, 5.74) is -6.78. The van der Waals surface area contributed by atoms with Crippen LogP contribution in [0.1, 0.15) is 18.9 Å². The number of hydrogen-bond acceptors (Lipinski definition) is 4. The molecule has 1 aromatic rings. The molecule has 0 bridgehead atoms. The van der Waals surface area contributed by atoms with Gasteiger partial charge in [0, 0.05) is 20.5 Å². The Morgan fingerprint density at radius 1 is 1.22 bits per heavy atom. The van der Waals surface area contributed by atoms with Gasteiger partial charge in [-0.3, -0.25) is 23.5 Å². The van der Waals surface area contributed by atoms with Gasteiger partial charge in [0.2, 0.25) is 11.4 Å². The third-order valence-corrected chi connectivity index (χ3v) is 3.69. The van der Waals surface area contributed by atoms with Gasteiger partial charge >= 0.3 is 11.9 Å². The summed E-state index contributed by atoms with van der Waals surface area (Å²) >= 11 is 0. The van der Waals surface area contributed by atoms with E-state index in [-0.39, 0.29) is 6.42 Å². The molecule has 2 N–H and O–H groups in total. The van der Waals surface area contributed by atoms with Crippen molar-refractivity contribution >= 4 is 17.6 Å². The monoisotopic (exact) mass is 334 g/mol. The van der Waals surface area contributed by atoms with Crippen LogP contribution in [0, 0.1) is 0 Å². The molecule has 0 fully saturated rings. The van der Waals surface area contributed by atoms with Crippen molar-refractivity contribution in [1.82, 2.24) is 14.5 Å². The zero-order valence-corrected chi connectivity index (χ0v) is 12.4. The third kappa shape index (κ3) is 2.06. The maximum atomic E-state index is 13.7. The summed E-state index contributed by atoms with van der Waals surface area (Å²) in [5, 5.41) is 3.48. The van der Waals surface area contributed by atoms with Crippen LogP contribution in [0.2, 0.25) is 0 Å². The second kappa shape index (κ2) is 4.96. The maximum absolute atomic E-state index is 13.7. The second-order valence-electron chi connectivity index (χ2n) is 5.03. The number of rotatable bonds is 2. The third-order valence-electron chi connectivity index (χ3n) is 3.69. The largest absolute Gasteiger partial charge is 0.425 e. The minimum Gasteiger partial charge on any atom is -0.330 e. The van der Waals surface area contributed by atoms with Crippen LogP contribution in [0.15, 0.2) is 9.59 Å². The normalized spacial score (nSPS) is 20.2. The number of hydrogen-bond donors (Lipinski definition) is 2. The fourth-order valence-electron chi connectivity index (χ4n) is 2.40. The molecule has 2 amide bonds. The van der Waals surface area contributed by atoms with Crippen molar-refractivity contribution < 1.29 is 22.8 Å². The number of anilines is 1. The molecule has 8 nitrogen and oxygen atoms in total. The molecule has 0 aromatic carbocycles. The lowest BCUT2D eigenvalue weighted by Gasteiger charge is -2.30. The Labute approximate surface area is 126 Å². The predicted octanol–water partition coefficient (Wildman–Crippen LogP) is -0.680. The Balaban J connectivity index is 2.94. The van der Waals surface area contributed by atoms with E-state index in [1.165, 1.54) is 6.92 Å². The van der Waals surface area contributed by atoms with Crippen molar-refractivity contribution in [2.24, 2.45) is 14.1 Å². The smallest absolute Gasteiger partial charge is 0.330 e. The lowest BCUT2D eigenvalue weighted by atomic mass is 9.91. The highest BCUT2D eigenvalue weighted by molar-refractivity contribution is 6.07. The first kappa shape index (κ1) is 16.8. The second-order valence-corrected chi connectivity index (χ2v) is 5.03. The van der Waals surface area contributed by atoms with Crippen molar-refractivity contribution in [1.29, 1.82) is 0 Å². The summed E-state index contributed by atoms with van der Waals surface area (Å²) in [4.78, 5) is 47.6. The molecule has 0 saturated heterocycles. The van der Waals surface area contributed by atoms with Crippen molar-refractivity contribution in [3.63, 3.8) is 0 Å². The lowest BCUT2D eigenvalue weighted by molar-refractivity contribution is -0.200. The van der Waals surface area contributed by atoms with Crippen LogP contribution in [-0.4, -0.2) is 27.1 Å². The highest BCUT2D eigenvalue weighted by Crippen LogP contribution is 2.44. The Morgan fingerprint density at radius 3 is 2.26 bits per heavy atom. The maximum Gasteiger partial charge on any atom is 0.425 e. The molecule has 0 radical (unpaired) electrons. The van der Waals surface area contributed by atoms with Gasteiger partial charge in [0.15, 0.2) is 0 Å². The molecule has 1 aromatic heterocycles. The Bertz CT molecular complexity index is 823. The van der Waals surface area contributed by atoms with Crippen LogP contribution in [-0.2, 0) is 29.2 Å². The fraction of sp³-hybridized carbons (Fsp3) is 0.500. The van der Waals surface area contributed by atoms with Gasteiger partial charge in [0.25, 0.3) is 11.5 Å². The number of alkyl halides is 3. The van der Waals surface area contributed by atoms with E-state index < -0.39 is 46.2 Å². The summed E-state index contributed by atoms with van der Waals surface area (Å²) in [7, 11) is 2.09. The zero-order chi connectivity index (χ0) is 17.7. The zero-order valence-electron chi connectivity index (χ0n) is 12.4. The van der Waals surface area contributed by atoms with Gasteiger partial charge in [0.05, 0.1) is 0 Å². The fourth-order valence-corrected chi connectivity index (χ4v) is 2.40. The van der Waals surface area contributed by atoms with Gasteiger partial charge < -0.3 is 10.6 Å². The minimum absolute atomic E-state index is 0.327. The number of amides is 2. The molecule has 2 heterocycles. The molecule has 0 aliphatic carbocycles. The van der Waals surface area contributed by atoms with Crippen LogP contribution in [0.5, 0.6) is 0 Å². The average Bonchev–Trinajstić information content (AvgIpc) is 2.76. The molecular weight excluding hydrogens is 321 g/mol. The van der Waals surface area contributed by atoms with Gasteiger partial charge in [-0.2, -0.15) is 13.2 Å². The molecule has 2 rings (SSSR count). The number of aromatic nitrogens is 2. The molecule has 126 valence electrons. The molecule has 23 heavy (non-hydrogen) atoms. The van der Waals surface area contributed by atoms with E-state index in [9.17, 15) is 32.3 Å². The Morgan fingerprint density at radius 2 is 1.78 bits per heavy atom. The SMILES string of the molecule is CCC(=O)N[C@@]1(C(F)(F)F)C(=O)Nc2c1c(=O)n(C)c(=O)n2C. The molecular formula is C12H13F3N4O4. The van der Waals surface area contributed by atoms with Gasteiger partial charge in [-0.05, 0) is 0 Å². The van der Waals surface area contributed by atoms with E-state index in [2.05, 4.69) is 0 Å². The summed E-state index contributed by atoms with van der Waals surface area (Å²) in [5.74, 6) is -3.29. The standard InChI is InChI=1S/C12H13F3N4O4/c1-4-5(20)17-11(12(13,14)15)6-7(16-9(11)22)18(2)10(23)19(3)8(6)21/h4H2,1-3H3,(H,16,22)(H,17,20)/t11-/m1/s1. The average molecular weight is 334 g/mol. The van der Waals surface area contributed by atoms with Gasteiger partial charge in [-0.1, -0.05) is 6.92 Å². The summed E-state index contributed by atoms with van der Waals surface area (Å²) < 4.78 is 42.2. The van der Waals surface area contributed by atoms with E-state index in [4.69, 9.17) is 0 Å². The van der Waals surface area contributed by atoms with Crippen LogP contribution < -0.4 is 21.9 Å². The van der Waals surface area contributed by atoms with E-state index >= 15 is 0 Å². The Kier molecular flexibility index (Phi) is 3.62.